The van der Waals surface area contributed by atoms with Crippen LogP contribution >= 0.6 is 11.8 Å². The number of Topliss-reactive ketones (excluding diaryl/α,β-unsaturated/α-hetero) is 1. The van der Waals surface area contributed by atoms with E-state index in [0.717, 1.165) is 23.3 Å². The third kappa shape index (κ3) is 12.2. The monoisotopic (exact) mass is 1030 g/mol. The fourth-order valence-corrected chi connectivity index (χ4v) is 11.9. The number of aryl methyl sites for hydroxylation is 2. The highest BCUT2D eigenvalue weighted by Crippen LogP contribution is 2.52. The van der Waals surface area contributed by atoms with E-state index in [-0.39, 0.29) is 35.3 Å². The third-order valence-corrected chi connectivity index (χ3v) is 16.3. The summed E-state index contributed by atoms with van der Waals surface area (Å²) < 4.78 is 18.0. The lowest BCUT2D eigenvalue weighted by atomic mass is 9.79. The number of hydrogen-bond acceptors (Lipinski definition) is 15. The smallest absolute Gasteiger partial charge is 0.353 e. The number of aromatic nitrogens is 2. The van der Waals surface area contributed by atoms with Gasteiger partial charge in [-0.25, -0.2) is 19.6 Å². The molecule has 3 amide bonds. The molecule has 0 saturated carbocycles. The van der Waals surface area contributed by atoms with E-state index in [9.17, 15) is 39.0 Å². The van der Waals surface area contributed by atoms with Gasteiger partial charge in [-0.05, 0) is 99.7 Å². The Balaban J connectivity index is 0.996. The third-order valence-electron chi connectivity index (χ3n) is 14.8. The van der Waals surface area contributed by atoms with Gasteiger partial charge in [0, 0.05) is 61.4 Å². The van der Waals surface area contributed by atoms with Gasteiger partial charge in [0.1, 0.15) is 35.9 Å². The highest BCUT2D eigenvalue weighted by Gasteiger charge is 2.60. The summed E-state index contributed by atoms with van der Waals surface area (Å²) in [6, 6.07) is 13.3. The summed E-state index contributed by atoms with van der Waals surface area (Å²) in [4.78, 5) is 96.2. The van der Waals surface area contributed by atoms with Crippen LogP contribution in [0, 0.1) is 24.2 Å². The number of benzene rings is 2. The van der Waals surface area contributed by atoms with Crippen molar-refractivity contribution in [2.24, 2.45) is 17.3 Å². The number of rotatable bonds is 22. The Labute approximate surface area is 432 Å². The summed E-state index contributed by atoms with van der Waals surface area (Å²) in [5.41, 5.74) is 2.52. The highest BCUT2D eigenvalue weighted by molar-refractivity contribution is 8.03. The lowest BCUT2D eigenvalue weighted by Crippen LogP contribution is -2.63. The topological polar surface area (TPSA) is 221 Å². The van der Waals surface area contributed by atoms with Crippen LogP contribution in [0.4, 0.5) is 5.95 Å². The number of β-lactam (4-membered cyclic amide) rings is 1. The average Bonchev–Trinajstić information content (AvgIpc) is 3.87. The van der Waals surface area contributed by atoms with Crippen LogP contribution in [0.3, 0.4) is 0 Å². The van der Waals surface area contributed by atoms with Crippen molar-refractivity contribution in [3.05, 3.63) is 87.7 Å². The van der Waals surface area contributed by atoms with Crippen LogP contribution in [-0.4, -0.2) is 152 Å². The van der Waals surface area contributed by atoms with Crippen molar-refractivity contribution in [3.63, 3.8) is 0 Å². The van der Waals surface area contributed by atoms with Crippen molar-refractivity contribution in [2.75, 3.05) is 52.8 Å². The molecule has 394 valence electrons. The number of likely N-dealkylation sites (tertiary alicyclic amines) is 2. The van der Waals surface area contributed by atoms with Crippen LogP contribution < -0.4 is 14.8 Å². The minimum atomic E-state index is -1.19. The number of thioether (sulfide) groups is 1. The zero-order valence-electron chi connectivity index (χ0n) is 43.5. The van der Waals surface area contributed by atoms with Gasteiger partial charge in [-0.15, -0.1) is 11.8 Å². The lowest BCUT2D eigenvalue weighted by molar-refractivity contribution is -0.164. The number of aliphatic hydroxyl groups excluding tert-OH is 1. The number of fused-ring (bicyclic) bond motifs is 1. The SMILES string of the molecule is CCC(C)(C)C(=O)C(=O)N1CCCC[C@H]1C(=O)O[C@H](CCc1ccc(OC)c(C)c1)c1cccc(OCCNc2nccc(CN3C[C@@H](SC4=C(C(=O)O)N5C(=O)[C@H]([C@@H](C)O)[C@H]5[C@H]4C)C[C@H]3C(=O)N(C)C)n2)c1. The summed E-state index contributed by atoms with van der Waals surface area (Å²) >= 11 is 1.40. The van der Waals surface area contributed by atoms with E-state index >= 15 is 0 Å². The number of nitrogens with zero attached hydrogens (tertiary/aromatic N) is 6. The quantitative estimate of drug-likeness (QED) is 0.0468. The zero-order valence-corrected chi connectivity index (χ0v) is 44.3. The number of likely N-dealkylation sites (N-methyl/N-ethyl adjacent to an activating group) is 1. The van der Waals surface area contributed by atoms with Crippen LogP contribution in [0.2, 0.25) is 0 Å². The van der Waals surface area contributed by atoms with Crippen molar-refractivity contribution in [2.45, 2.75) is 129 Å². The fraction of sp³-hybridized carbons (Fsp3) is 0.556. The van der Waals surface area contributed by atoms with Gasteiger partial charge in [0.05, 0.1) is 43.5 Å². The van der Waals surface area contributed by atoms with Crippen LogP contribution in [-0.2, 0) is 46.5 Å². The molecule has 0 unspecified atom stereocenters. The first-order chi connectivity index (χ1) is 34.7. The van der Waals surface area contributed by atoms with E-state index in [1.165, 1.54) is 21.6 Å². The fourth-order valence-electron chi connectivity index (χ4n) is 10.4. The first kappa shape index (κ1) is 54.7. The molecular formula is C54H71N7O11S. The van der Waals surface area contributed by atoms with Gasteiger partial charge >= 0.3 is 11.9 Å². The molecule has 19 heteroatoms. The number of nitrogens with one attached hydrogen (secondary N) is 1. The van der Waals surface area contributed by atoms with E-state index in [1.54, 1.807) is 59.1 Å². The Bertz CT molecular complexity index is 2590. The zero-order chi connectivity index (χ0) is 52.9. The second-order valence-electron chi connectivity index (χ2n) is 20.5. The number of esters is 1. The average molecular weight is 1030 g/mol. The molecule has 18 nitrogen and oxygen atoms in total. The molecule has 0 radical (unpaired) electrons. The van der Waals surface area contributed by atoms with Crippen LogP contribution in [0.15, 0.2) is 65.3 Å². The maximum absolute atomic E-state index is 14.1. The summed E-state index contributed by atoms with van der Waals surface area (Å²) in [6.07, 6.45) is 3.84. The molecule has 2 aromatic carbocycles. The minimum Gasteiger partial charge on any atom is -0.496 e. The Kier molecular flexibility index (Phi) is 17.6. The van der Waals surface area contributed by atoms with Crippen LogP contribution in [0.25, 0.3) is 0 Å². The molecule has 3 fully saturated rings. The van der Waals surface area contributed by atoms with Crippen molar-refractivity contribution in [1.82, 2.24) is 29.6 Å². The molecule has 3 saturated heterocycles. The van der Waals surface area contributed by atoms with E-state index in [4.69, 9.17) is 19.2 Å². The van der Waals surface area contributed by atoms with Crippen molar-refractivity contribution >= 4 is 53.2 Å². The molecule has 4 aliphatic rings. The van der Waals surface area contributed by atoms with Crippen molar-refractivity contribution < 1.29 is 53.2 Å². The summed E-state index contributed by atoms with van der Waals surface area (Å²) in [7, 11) is 5.04. The molecule has 73 heavy (non-hydrogen) atoms. The first-order valence-corrected chi connectivity index (χ1v) is 26.2. The molecule has 0 spiro atoms. The Morgan fingerprint density at radius 2 is 1.82 bits per heavy atom. The maximum Gasteiger partial charge on any atom is 0.353 e. The minimum absolute atomic E-state index is 0.0361. The molecular weight excluding hydrogens is 955 g/mol. The summed E-state index contributed by atoms with van der Waals surface area (Å²) in [5.74, 6) is -2.62. The Hall–Kier alpha value is -6.05. The predicted molar refractivity (Wildman–Crippen MR) is 274 cm³/mol. The highest BCUT2D eigenvalue weighted by atomic mass is 32.2. The van der Waals surface area contributed by atoms with E-state index in [2.05, 4.69) is 10.3 Å². The molecule has 1 aromatic heterocycles. The number of aliphatic hydroxyl groups is 1. The van der Waals surface area contributed by atoms with Crippen molar-refractivity contribution in [3.8, 4) is 11.5 Å². The Morgan fingerprint density at radius 1 is 1.05 bits per heavy atom. The van der Waals surface area contributed by atoms with Gasteiger partial charge in [-0.3, -0.25) is 24.1 Å². The largest absolute Gasteiger partial charge is 0.496 e. The number of amides is 3. The van der Waals surface area contributed by atoms with E-state index < -0.39 is 65.3 Å². The van der Waals surface area contributed by atoms with E-state index in [0.29, 0.717) is 92.6 Å². The number of carbonyl (C=O) groups excluding carboxylic acids is 5. The van der Waals surface area contributed by atoms with Gasteiger partial charge < -0.3 is 44.4 Å². The maximum atomic E-state index is 14.1. The molecule has 3 aromatic rings. The van der Waals surface area contributed by atoms with Gasteiger partial charge in [-0.1, -0.05) is 52.0 Å². The van der Waals surface area contributed by atoms with Crippen molar-refractivity contribution in [1.29, 1.82) is 0 Å². The van der Waals surface area contributed by atoms with Crippen LogP contribution in [0.5, 0.6) is 11.5 Å². The number of ketones is 1. The second kappa shape index (κ2) is 23.4. The molecule has 3 N–H and O–H groups in total. The van der Waals surface area contributed by atoms with Gasteiger partial charge in [0.25, 0.3) is 5.91 Å². The molecule has 8 atom stereocenters. The Morgan fingerprint density at radius 3 is 2.51 bits per heavy atom. The number of piperidine rings is 1. The second-order valence-corrected chi connectivity index (χ2v) is 21.8. The standard InChI is InChI=1S/C54H71N7O11S/c1-10-54(5,6)47(63)50(66)60-24-12-11-16-39(60)52(69)72-42(20-18-34-17-19-41(70-9)31(2)26-34)35-14-13-15-37(27-35)71-25-23-56-53-55-22-21-36(57-53)29-59-30-38(28-40(59)48(64)58(7)8)73-46-32(3)44-43(33(4)62)49(65)61(44)45(46)51(67)68/h13-15,17,19,21-22,26-27,32-33,38-40,42-44,62H,10-12,16,18,20,23-25,28-30H2,1-9H3,(H,67,68)(H,55,56,57)/t32-,33-,38+,39+,40+,42-,43-,44-/m1/s1. The van der Waals surface area contributed by atoms with E-state index in [1.807, 2.05) is 68.1 Å². The number of carboxylic acid groups (broad SMARTS) is 1. The van der Waals surface area contributed by atoms with Gasteiger partial charge in [0.15, 0.2) is 0 Å². The first-order valence-electron chi connectivity index (χ1n) is 25.3. The number of carboxylic acids is 1. The lowest BCUT2D eigenvalue weighted by Gasteiger charge is -2.46. The summed E-state index contributed by atoms with van der Waals surface area (Å²) in [6.45, 7) is 12.4. The predicted octanol–water partition coefficient (Wildman–Crippen LogP) is 5.81. The molecule has 7 rings (SSSR count). The number of aliphatic carboxylic acids is 1. The van der Waals surface area contributed by atoms with Gasteiger partial charge in [0.2, 0.25) is 23.5 Å². The number of carbonyl (C=O) groups is 6. The summed E-state index contributed by atoms with van der Waals surface area (Å²) in [5, 5.41) is 23.6. The number of ether oxygens (including phenoxy) is 3. The van der Waals surface area contributed by atoms with Gasteiger partial charge in [-0.2, -0.15) is 0 Å². The number of methoxy groups -OCH3 is 1. The molecule has 4 aliphatic heterocycles. The normalized spacial score (nSPS) is 22.8. The molecule has 0 bridgehead atoms. The molecule has 5 heterocycles. The number of anilines is 1. The molecule has 0 aliphatic carbocycles. The number of hydrogen-bond donors (Lipinski definition) is 3. The van der Waals surface area contributed by atoms with Crippen LogP contribution in [0.1, 0.15) is 102 Å².